The smallest absolute Gasteiger partial charge is 0.411 e. The van der Waals surface area contributed by atoms with Gasteiger partial charge in [0.05, 0.1) is 0 Å². The SMILES string of the molecule is CCc1cc(Cl)cc(COC(=O)Nc2ccc3c(c2)CCN(C(=O)OC(C)(C)C)C3)c1. The third-order valence-electron chi connectivity index (χ3n) is 4.91. The van der Waals surface area contributed by atoms with Crippen LogP contribution in [0.3, 0.4) is 0 Å². The molecule has 31 heavy (non-hydrogen) atoms. The van der Waals surface area contributed by atoms with Crippen molar-refractivity contribution in [2.75, 3.05) is 11.9 Å². The molecule has 3 rings (SSSR count). The van der Waals surface area contributed by atoms with E-state index in [1.165, 1.54) is 0 Å². The Morgan fingerprint density at radius 2 is 1.84 bits per heavy atom. The van der Waals surface area contributed by atoms with Crippen molar-refractivity contribution in [3.8, 4) is 0 Å². The molecule has 0 radical (unpaired) electrons. The lowest BCUT2D eigenvalue weighted by atomic mass is 9.99. The molecular formula is C24H29ClN2O4. The lowest BCUT2D eigenvalue weighted by Crippen LogP contribution is -2.39. The van der Waals surface area contributed by atoms with Gasteiger partial charge in [-0.15, -0.1) is 0 Å². The summed E-state index contributed by atoms with van der Waals surface area (Å²) in [5.74, 6) is 0. The Hall–Kier alpha value is -2.73. The minimum Gasteiger partial charge on any atom is -0.444 e. The van der Waals surface area contributed by atoms with E-state index in [0.717, 1.165) is 28.7 Å². The van der Waals surface area contributed by atoms with E-state index in [1.54, 1.807) is 11.0 Å². The molecule has 2 amide bonds. The molecule has 6 nitrogen and oxygen atoms in total. The van der Waals surface area contributed by atoms with Crippen molar-refractivity contribution >= 4 is 29.5 Å². The highest BCUT2D eigenvalue weighted by Gasteiger charge is 2.25. The number of halogens is 1. The summed E-state index contributed by atoms with van der Waals surface area (Å²) in [6.45, 7) is 8.83. The highest BCUT2D eigenvalue weighted by atomic mass is 35.5. The van der Waals surface area contributed by atoms with E-state index in [2.05, 4.69) is 5.32 Å². The topological polar surface area (TPSA) is 67.9 Å². The molecule has 0 aromatic heterocycles. The lowest BCUT2D eigenvalue weighted by molar-refractivity contribution is 0.0224. The van der Waals surface area contributed by atoms with Crippen molar-refractivity contribution in [3.63, 3.8) is 0 Å². The second-order valence-electron chi connectivity index (χ2n) is 8.66. The molecule has 0 spiro atoms. The summed E-state index contributed by atoms with van der Waals surface area (Å²) in [5.41, 5.74) is 4.24. The van der Waals surface area contributed by atoms with Gasteiger partial charge in [0.2, 0.25) is 0 Å². The average Bonchev–Trinajstić information content (AvgIpc) is 2.70. The molecule has 0 saturated carbocycles. The standard InChI is InChI=1S/C24H29ClN2O4/c1-5-16-10-17(12-20(25)11-16)15-30-22(28)26-21-7-6-19-14-27(9-8-18(19)13-21)23(29)31-24(2,3)4/h6-7,10-13H,5,8-9,14-15H2,1-4H3,(H,26,28). The summed E-state index contributed by atoms with van der Waals surface area (Å²) in [5, 5.41) is 3.40. The van der Waals surface area contributed by atoms with Crippen LogP contribution in [0.1, 0.15) is 49.9 Å². The molecule has 0 aliphatic carbocycles. The number of nitrogens with zero attached hydrogens (tertiary/aromatic N) is 1. The largest absolute Gasteiger partial charge is 0.444 e. The first-order valence-corrected chi connectivity index (χ1v) is 10.8. The van der Waals surface area contributed by atoms with Gasteiger partial charge in [0.15, 0.2) is 0 Å². The van der Waals surface area contributed by atoms with E-state index in [1.807, 2.05) is 58.0 Å². The summed E-state index contributed by atoms with van der Waals surface area (Å²) < 4.78 is 10.8. The number of ether oxygens (including phenoxy) is 2. The van der Waals surface area contributed by atoms with Crippen LogP contribution in [0.2, 0.25) is 5.02 Å². The Morgan fingerprint density at radius 3 is 2.55 bits per heavy atom. The molecule has 0 fully saturated rings. The maximum atomic E-state index is 12.3. The van der Waals surface area contributed by atoms with Crippen molar-refractivity contribution in [1.29, 1.82) is 0 Å². The van der Waals surface area contributed by atoms with Gasteiger partial charge in [-0.2, -0.15) is 0 Å². The van der Waals surface area contributed by atoms with Crippen LogP contribution >= 0.6 is 11.6 Å². The summed E-state index contributed by atoms with van der Waals surface area (Å²) in [4.78, 5) is 26.2. The summed E-state index contributed by atoms with van der Waals surface area (Å²) >= 11 is 6.11. The number of amides is 2. The lowest BCUT2D eigenvalue weighted by Gasteiger charge is -2.31. The van der Waals surface area contributed by atoms with Crippen molar-refractivity contribution in [2.24, 2.45) is 0 Å². The van der Waals surface area contributed by atoms with Crippen LogP contribution in [-0.4, -0.2) is 29.2 Å². The Bertz CT molecular complexity index is 969. The van der Waals surface area contributed by atoms with Gasteiger partial charge in [-0.1, -0.05) is 30.7 Å². The van der Waals surface area contributed by atoms with Crippen LogP contribution in [0.4, 0.5) is 15.3 Å². The number of carbonyl (C=O) groups is 2. The summed E-state index contributed by atoms with van der Waals surface area (Å²) in [7, 11) is 0. The van der Waals surface area contributed by atoms with Gasteiger partial charge < -0.3 is 14.4 Å². The maximum absolute atomic E-state index is 12.3. The number of aryl methyl sites for hydroxylation is 1. The van der Waals surface area contributed by atoms with E-state index in [4.69, 9.17) is 21.1 Å². The van der Waals surface area contributed by atoms with E-state index in [9.17, 15) is 9.59 Å². The predicted octanol–water partition coefficient (Wildman–Crippen LogP) is 5.94. The normalized spacial score (nSPS) is 13.4. The highest BCUT2D eigenvalue weighted by Crippen LogP contribution is 2.24. The Balaban J connectivity index is 1.56. The quantitative estimate of drug-likeness (QED) is 0.633. The van der Waals surface area contributed by atoms with Gasteiger partial charge in [-0.05, 0) is 80.1 Å². The van der Waals surface area contributed by atoms with Crippen molar-refractivity contribution in [1.82, 2.24) is 4.90 Å². The van der Waals surface area contributed by atoms with E-state index in [0.29, 0.717) is 30.2 Å². The molecule has 1 aliphatic heterocycles. The number of benzene rings is 2. The average molecular weight is 445 g/mol. The molecule has 1 heterocycles. The monoisotopic (exact) mass is 444 g/mol. The molecule has 1 N–H and O–H groups in total. The van der Waals surface area contributed by atoms with Crippen LogP contribution in [0.15, 0.2) is 36.4 Å². The van der Waals surface area contributed by atoms with E-state index in [-0.39, 0.29) is 12.7 Å². The van der Waals surface area contributed by atoms with Crippen LogP contribution < -0.4 is 5.32 Å². The van der Waals surface area contributed by atoms with Crippen LogP contribution in [0, 0.1) is 0 Å². The number of nitrogens with one attached hydrogen (secondary N) is 1. The van der Waals surface area contributed by atoms with E-state index >= 15 is 0 Å². The molecule has 0 saturated heterocycles. The van der Waals surface area contributed by atoms with Gasteiger partial charge in [0.1, 0.15) is 12.2 Å². The van der Waals surface area contributed by atoms with Crippen LogP contribution in [-0.2, 0) is 35.5 Å². The second-order valence-corrected chi connectivity index (χ2v) is 9.09. The fourth-order valence-corrected chi connectivity index (χ4v) is 3.70. The Labute approximate surface area is 188 Å². The van der Waals surface area contributed by atoms with Crippen LogP contribution in [0.25, 0.3) is 0 Å². The highest BCUT2D eigenvalue weighted by molar-refractivity contribution is 6.30. The maximum Gasteiger partial charge on any atom is 0.411 e. The third-order valence-corrected chi connectivity index (χ3v) is 5.13. The summed E-state index contributed by atoms with van der Waals surface area (Å²) in [6, 6.07) is 11.3. The molecule has 0 atom stereocenters. The predicted molar refractivity (Wildman–Crippen MR) is 121 cm³/mol. The van der Waals surface area contributed by atoms with Gasteiger partial charge in [0.25, 0.3) is 0 Å². The van der Waals surface area contributed by atoms with Gasteiger partial charge >= 0.3 is 12.2 Å². The number of rotatable bonds is 4. The third kappa shape index (κ3) is 6.62. The zero-order valence-electron chi connectivity index (χ0n) is 18.5. The molecular weight excluding hydrogens is 416 g/mol. The molecule has 166 valence electrons. The minimum atomic E-state index is -0.524. The molecule has 2 aromatic carbocycles. The van der Waals surface area contributed by atoms with Crippen molar-refractivity contribution in [3.05, 3.63) is 63.7 Å². The zero-order chi connectivity index (χ0) is 22.6. The Kier molecular flexibility index (Phi) is 7.11. The number of fused-ring (bicyclic) bond motifs is 1. The molecule has 7 heteroatoms. The van der Waals surface area contributed by atoms with Crippen LogP contribution in [0.5, 0.6) is 0 Å². The number of carbonyl (C=O) groups excluding carboxylic acids is 2. The summed E-state index contributed by atoms with van der Waals surface area (Å²) in [6.07, 6.45) is 0.724. The fourth-order valence-electron chi connectivity index (χ4n) is 3.42. The first-order chi connectivity index (χ1) is 14.6. The van der Waals surface area contributed by atoms with Gasteiger partial charge in [-0.3, -0.25) is 5.32 Å². The number of hydrogen-bond acceptors (Lipinski definition) is 4. The molecule has 2 aromatic rings. The fraction of sp³-hybridized carbons (Fsp3) is 0.417. The number of hydrogen-bond donors (Lipinski definition) is 1. The molecule has 0 bridgehead atoms. The zero-order valence-corrected chi connectivity index (χ0v) is 19.2. The minimum absolute atomic E-state index is 0.148. The van der Waals surface area contributed by atoms with Gasteiger partial charge in [0, 0.05) is 23.8 Å². The first-order valence-electron chi connectivity index (χ1n) is 10.4. The first kappa shape index (κ1) is 22.9. The second kappa shape index (κ2) is 9.60. The Morgan fingerprint density at radius 1 is 1.10 bits per heavy atom. The molecule has 1 aliphatic rings. The van der Waals surface area contributed by atoms with Crippen molar-refractivity contribution in [2.45, 2.75) is 59.3 Å². The van der Waals surface area contributed by atoms with Crippen molar-refractivity contribution < 1.29 is 19.1 Å². The van der Waals surface area contributed by atoms with Gasteiger partial charge in [-0.25, -0.2) is 9.59 Å². The number of anilines is 1. The van der Waals surface area contributed by atoms with E-state index < -0.39 is 11.7 Å². The molecule has 0 unspecified atom stereocenters.